The first-order chi connectivity index (χ1) is 13.2. The van der Waals surface area contributed by atoms with Crippen LogP contribution in [0.25, 0.3) is 33.3 Å². The molecule has 0 atom stereocenters. The Labute approximate surface area is 164 Å². The standard InChI is InChI=1S/C21H27N7/c1-12(2)28-13(3)26-19-17(28)7-14(8-22-19)15-9-23-18-16(15)10-24-20(27-18)25-11-21(4,5)6/h7-10,12H,11H2,1-6H3,(H2,23,24,25,27). The molecule has 4 aromatic heterocycles. The minimum Gasteiger partial charge on any atom is -0.354 e. The molecule has 7 heteroatoms. The molecule has 0 amide bonds. The maximum absolute atomic E-state index is 4.62. The number of hydrogen-bond donors (Lipinski definition) is 2. The van der Waals surface area contributed by atoms with Crippen LogP contribution in [0.4, 0.5) is 5.95 Å². The van der Waals surface area contributed by atoms with Crippen LogP contribution in [0.1, 0.15) is 46.5 Å². The molecule has 4 rings (SSSR count). The molecule has 146 valence electrons. The second-order valence-corrected chi connectivity index (χ2v) is 8.76. The lowest BCUT2D eigenvalue weighted by Gasteiger charge is -2.18. The maximum Gasteiger partial charge on any atom is 0.224 e. The van der Waals surface area contributed by atoms with Gasteiger partial charge in [0.2, 0.25) is 5.95 Å². The summed E-state index contributed by atoms with van der Waals surface area (Å²) in [7, 11) is 0. The lowest BCUT2D eigenvalue weighted by molar-refractivity contribution is 0.442. The predicted octanol–water partition coefficient (Wildman–Crippen LogP) is 4.72. The van der Waals surface area contributed by atoms with Gasteiger partial charge in [-0.3, -0.25) is 0 Å². The summed E-state index contributed by atoms with van der Waals surface area (Å²) in [5, 5.41) is 4.29. The number of pyridine rings is 1. The average molecular weight is 377 g/mol. The molecule has 2 N–H and O–H groups in total. The van der Waals surface area contributed by atoms with Crippen molar-refractivity contribution < 1.29 is 0 Å². The number of anilines is 1. The van der Waals surface area contributed by atoms with Gasteiger partial charge >= 0.3 is 0 Å². The van der Waals surface area contributed by atoms with Crippen LogP contribution in [0.15, 0.2) is 24.7 Å². The summed E-state index contributed by atoms with van der Waals surface area (Å²) < 4.78 is 2.21. The van der Waals surface area contributed by atoms with Gasteiger partial charge in [0.15, 0.2) is 5.65 Å². The van der Waals surface area contributed by atoms with Gasteiger partial charge in [0.25, 0.3) is 0 Å². The van der Waals surface area contributed by atoms with Gasteiger partial charge in [-0.1, -0.05) is 20.8 Å². The van der Waals surface area contributed by atoms with E-state index >= 15 is 0 Å². The third-order valence-corrected chi connectivity index (χ3v) is 4.76. The van der Waals surface area contributed by atoms with E-state index in [-0.39, 0.29) is 5.41 Å². The van der Waals surface area contributed by atoms with Crippen LogP contribution < -0.4 is 5.32 Å². The van der Waals surface area contributed by atoms with Crippen molar-refractivity contribution in [2.75, 3.05) is 11.9 Å². The smallest absolute Gasteiger partial charge is 0.224 e. The average Bonchev–Trinajstić information content (AvgIpc) is 3.18. The molecule has 4 heterocycles. The van der Waals surface area contributed by atoms with E-state index in [4.69, 9.17) is 0 Å². The molecule has 0 aromatic carbocycles. The topological polar surface area (TPSA) is 84.3 Å². The normalized spacial score (nSPS) is 12.4. The molecule has 0 unspecified atom stereocenters. The van der Waals surface area contributed by atoms with E-state index in [9.17, 15) is 0 Å². The lowest BCUT2D eigenvalue weighted by Crippen LogP contribution is -2.20. The summed E-state index contributed by atoms with van der Waals surface area (Å²) in [4.78, 5) is 21.6. The summed E-state index contributed by atoms with van der Waals surface area (Å²) >= 11 is 0. The lowest BCUT2D eigenvalue weighted by atomic mass is 9.97. The summed E-state index contributed by atoms with van der Waals surface area (Å²) in [6, 6.07) is 2.47. The van der Waals surface area contributed by atoms with Crippen LogP contribution in [0.5, 0.6) is 0 Å². The Kier molecular flexibility index (Phi) is 4.33. The molecule has 7 nitrogen and oxygen atoms in total. The Hall–Kier alpha value is -2.96. The minimum absolute atomic E-state index is 0.164. The highest BCUT2D eigenvalue weighted by Crippen LogP contribution is 2.30. The summed E-state index contributed by atoms with van der Waals surface area (Å²) in [6.45, 7) is 13.7. The largest absolute Gasteiger partial charge is 0.354 e. The van der Waals surface area contributed by atoms with Crippen LogP contribution in [-0.4, -0.2) is 36.0 Å². The maximum atomic E-state index is 4.62. The van der Waals surface area contributed by atoms with Gasteiger partial charge in [0.05, 0.1) is 5.52 Å². The number of aryl methyl sites for hydroxylation is 1. The van der Waals surface area contributed by atoms with E-state index in [2.05, 4.69) is 75.5 Å². The molecule has 0 spiro atoms. The fourth-order valence-electron chi connectivity index (χ4n) is 3.47. The fraction of sp³-hybridized carbons (Fsp3) is 0.429. The van der Waals surface area contributed by atoms with Crippen LogP contribution in [0, 0.1) is 12.3 Å². The minimum atomic E-state index is 0.164. The molecule has 0 saturated heterocycles. The molecule has 0 bridgehead atoms. The van der Waals surface area contributed by atoms with Gasteiger partial charge in [-0.05, 0) is 32.3 Å². The van der Waals surface area contributed by atoms with Crippen molar-refractivity contribution >= 4 is 28.1 Å². The molecule has 0 aliphatic carbocycles. The highest BCUT2D eigenvalue weighted by Gasteiger charge is 2.15. The van der Waals surface area contributed by atoms with E-state index in [1.807, 2.05) is 25.5 Å². The Balaban J connectivity index is 1.74. The van der Waals surface area contributed by atoms with Crippen molar-refractivity contribution in [2.45, 2.75) is 47.6 Å². The number of rotatable bonds is 4. The molecular formula is C21H27N7. The van der Waals surface area contributed by atoms with Crippen molar-refractivity contribution in [3.63, 3.8) is 0 Å². The highest BCUT2D eigenvalue weighted by atomic mass is 15.1. The molecule has 0 radical (unpaired) electrons. The third kappa shape index (κ3) is 3.32. The molecule has 28 heavy (non-hydrogen) atoms. The van der Waals surface area contributed by atoms with Crippen LogP contribution in [0.2, 0.25) is 0 Å². The van der Waals surface area contributed by atoms with Gasteiger partial charge in [-0.25, -0.2) is 15.0 Å². The van der Waals surface area contributed by atoms with Crippen molar-refractivity contribution in [3.8, 4) is 11.1 Å². The molecular weight excluding hydrogens is 350 g/mol. The van der Waals surface area contributed by atoms with Gasteiger partial charge in [-0.15, -0.1) is 0 Å². The van der Waals surface area contributed by atoms with Crippen LogP contribution in [-0.2, 0) is 0 Å². The Bertz CT molecular complexity index is 1140. The highest BCUT2D eigenvalue weighted by molar-refractivity contribution is 5.95. The molecule has 0 saturated carbocycles. The van der Waals surface area contributed by atoms with E-state index in [0.29, 0.717) is 12.0 Å². The first kappa shape index (κ1) is 18.4. The quantitative estimate of drug-likeness (QED) is 0.538. The number of aromatic amines is 1. The van der Waals surface area contributed by atoms with E-state index in [1.165, 1.54) is 0 Å². The first-order valence-electron chi connectivity index (χ1n) is 9.66. The van der Waals surface area contributed by atoms with Gasteiger partial charge in [0.1, 0.15) is 11.5 Å². The van der Waals surface area contributed by atoms with Gasteiger partial charge in [0, 0.05) is 47.7 Å². The summed E-state index contributed by atoms with van der Waals surface area (Å²) in [6.07, 6.45) is 5.71. The van der Waals surface area contributed by atoms with Crippen LogP contribution >= 0.6 is 0 Å². The predicted molar refractivity (Wildman–Crippen MR) is 113 cm³/mol. The van der Waals surface area contributed by atoms with Crippen LogP contribution in [0.3, 0.4) is 0 Å². The monoisotopic (exact) mass is 377 g/mol. The third-order valence-electron chi connectivity index (χ3n) is 4.76. The first-order valence-corrected chi connectivity index (χ1v) is 9.66. The molecule has 0 aliphatic rings. The van der Waals surface area contributed by atoms with Gasteiger partial charge < -0.3 is 14.9 Å². The number of aromatic nitrogens is 6. The summed E-state index contributed by atoms with van der Waals surface area (Å²) in [5.74, 6) is 1.62. The van der Waals surface area contributed by atoms with Crippen molar-refractivity contribution in [1.29, 1.82) is 0 Å². The van der Waals surface area contributed by atoms with E-state index in [1.54, 1.807) is 0 Å². The second kappa shape index (κ2) is 6.58. The zero-order valence-corrected chi connectivity index (χ0v) is 17.3. The van der Waals surface area contributed by atoms with Crippen molar-refractivity contribution in [2.24, 2.45) is 5.41 Å². The number of nitrogens with one attached hydrogen (secondary N) is 2. The number of imidazole rings is 1. The molecule has 0 fully saturated rings. The molecule has 0 aliphatic heterocycles. The zero-order valence-electron chi connectivity index (χ0n) is 17.3. The Morgan fingerprint density at radius 3 is 2.64 bits per heavy atom. The van der Waals surface area contributed by atoms with E-state index in [0.717, 1.165) is 45.7 Å². The number of nitrogens with zero attached hydrogens (tertiary/aromatic N) is 5. The van der Waals surface area contributed by atoms with E-state index < -0.39 is 0 Å². The van der Waals surface area contributed by atoms with Crippen molar-refractivity contribution in [1.82, 2.24) is 29.5 Å². The molecule has 4 aromatic rings. The fourth-order valence-corrected chi connectivity index (χ4v) is 3.47. The second-order valence-electron chi connectivity index (χ2n) is 8.76. The number of fused-ring (bicyclic) bond motifs is 2. The Morgan fingerprint density at radius 1 is 1.14 bits per heavy atom. The Morgan fingerprint density at radius 2 is 1.93 bits per heavy atom. The zero-order chi connectivity index (χ0) is 20.1. The van der Waals surface area contributed by atoms with Gasteiger partial charge in [-0.2, -0.15) is 4.98 Å². The summed E-state index contributed by atoms with van der Waals surface area (Å²) in [5.41, 5.74) is 4.87. The SMILES string of the molecule is Cc1nc2ncc(-c3c[nH]c4nc(NCC(C)(C)C)ncc34)cc2n1C(C)C. The number of hydrogen-bond acceptors (Lipinski definition) is 5. The van der Waals surface area contributed by atoms with Crippen molar-refractivity contribution in [3.05, 3.63) is 30.5 Å². The number of H-pyrrole nitrogens is 1.